The quantitative estimate of drug-likeness (QED) is 0.0998. The van der Waals surface area contributed by atoms with E-state index in [4.69, 9.17) is 18.3 Å². The van der Waals surface area contributed by atoms with E-state index in [1.807, 2.05) is 10.6 Å². The van der Waals surface area contributed by atoms with Gasteiger partial charge in [-0.2, -0.15) is 0 Å². The number of alkyl carbamates (subject to hydrolysis) is 1. The normalized spacial score (nSPS) is 20.3. The van der Waals surface area contributed by atoms with Crippen LogP contribution in [-0.4, -0.2) is 102 Å². The van der Waals surface area contributed by atoms with Crippen LogP contribution >= 0.6 is 0 Å². The molecule has 0 bridgehead atoms. The van der Waals surface area contributed by atoms with Gasteiger partial charge in [0.2, 0.25) is 0 Å². The lowest BCUT2D eigenvalue weighted by atomic mass is 10.1. The molecule has 0 radical (unpaired) electrons. The van der Waals surface area contributed by atoms with Crippen LogP contribution in [0.4, 0.5) is 10.6 Å². The topological polar surface area (TPSA) is 188 Å². The highest BCUT2D eigenvalue weighted by molar-refractivity contribution is 6.74. The maximum atomic E-state index is 13.1. The molecule has 4 N–H and O–H groups in total. The van der Waals surface area contributed by atoms with E-state index in [1.165, 1.54) is 6.33 Å². The van der Waals surface area contributed by atoms with E-state index in [0.29, 0.717) is 23.3 Å². The minimum atomic E-state index is -2.46. The first kappa shape index (κ1) is 44.0. The second-order valence-corrected chi connectivity index (χ2v) is 27.7. The average molecular weight is 800 g/mol. The number of hydrogen-bond donors (Lipinski definition) is 4. The summed E-state index contributed by atoms with van der Waals surface area (Å²) in [6.45, 7) is 27.5. The summed E-state index contributed by atoms with van der Waals surface area (Å²) >= 11 is 0. The van der Waals surface area contributed by atoms with Crippen molar-refractivity contribution < 1.29 is 37.8 Å². The number of carboxylic acids is 1. The lowest BCUT2D eigenvalue weighted by Gasteiger charge is -2.44. The number of hydrogen-bond acceptors (Lipinski definition) is 11. The number of carboxylic acid groups (broad SMARTS) is 1. The highest BCUT2D eigenvalue weighted by Crippen LogP contribution is 2.46. The van der Waals surface area contributed by atoms with Crippen molar-refractivity contribution in [2.24, 2.45) is 0 Å². The third-order valence-electron chi connectivity index (χ3n) is 10.6. The number of ether oxygens (including phenoxy) is 2. The SMILES string of the molecule is CC(C)(C)OC(=O)NC(CCNC[C@H]1O[C@@H](n2cnc3c(NC(=O)c4ccccc4)ncnc32)[C@H](O[Si](C)(C)C(C)(C)C)[C@@H]1O[Si](C)(C)C(C)(C)C)C(=O)O. The highest BCUT2D eigenvalue weighted by atomic mass is 28.4. The smallest absolute Gasteiger partial charge is 0.408 e. The van der Waals surface area contributed by atoms with Crippen molar-refractivity contribution in [3.63, 3.8) is 0 Å². The Kier molecular flexibility index (Phi) is 13.4. The molecule has 2 amide bonds. The minimum absolute atomic E-state index is 0.100. The Hall–Kier alpha value is -3.75. The fraction of sp³-hybridized carbons (Fsp3) is 0.632. The monoisotopic (exact) mass is 799 g/mol. The fourth-order valence-electron chi connectivity index (χ4n) is 5.49. The predicted octanol–water partition coefficient (Wildman–Crippen LogP) is 6.71. The minimum Gasteiger partial charge on any atom is -0.480 e. The Morgan fingerprint density at radius 3 is 2.05 bits per heavy atom. The summed E-state index contributed by atoms with van der Waals surface area (Å²) in [5.41, 5.74) is 0.548. The van der Waals surface area contributed by atoms with Crippen LogP contribution in [0.2, 0.25) is 36.3 Å². The number of nitrogens with zero attached hydrogens (tertiary/aromatic N) is 4. The summed E-state index contributed by atoms with van der Waals surface area (Å²) in [5, 5.41) is 18.3. The van der Waals surface area contributed by atoms with Gasteiger partial charge in [0.05, 0.1) is 6.33 Å². The number of nitrogens with one attached hydrogen (secondary N) is 3. The molecule has 304 valence electrons. The van der Waals surface area contributed by atoms with Gasteiger partial charge >= 0.3 is 12.1 Å². The first-order valence-electron chi connectivity index (χ1n) is 18.8. The molecular weight excluding hydrogens is 739 g/mol. The summed E-state index contributed by atoms with van der Waals surface area (Å²) in [5.74, 6) is -1.23. The Morgan fingerprint density at radius 1 is 0.891 bits per heavy atom. The summed E-state index contributed by atoms with van der Waals surface area (Å²) in [4.78, 5) is 51.1. The van der Waals surface area contributed by atoms with Crippen LogP contribution in [0, 0.1) is 0 Å². The van der Waals surface area contributed by atoms with E-state index in [2.05, 4.69) is 98.6 Å². The number of fused-ring (bicyclic) bond motifs is 1. The molecule has 5 atom stereocenters. The van der Waals surface area contributed by atoms with Crippen molar-refractivity contribution in [3.8, 4) is 0 Å². The van der Waals surface area contributed by atoms with Gasteiger partial charge in [-0.1, -0.05) is 59.7 Å². The molecule has 1 fully saturated rings. The van der Waals surface area contributed by atoms with Crippen LogP contribution in [-0.2, 0) is 23.1 Å². The Morgan fingerprint density at radius 2 is 1.49 bits per heavy atom. The molecule has 0 saturated carbocycles. The van der Waals surface area contributed by atoms with Crippen LogP contribution in [0.15, 0.2) is 43.0 Å². The number of rotatable bonds is 14. The molecule has 15 nitrogen and oxygen atoms in total. The van der Waals surface area contributed by atoms with E-state index < -0.39 is 64.9 Å². The van der Waals surface area contributed by atoms with Crippen LogP contribution in [0.25, 0.3) is 11.2 Å². The number of imidazole rings is 1. The molecule has 1 aliphatic rings. The summed E-state index contributed by atoms with van der Waals surface area (Å²) in [7, 11) is -4.89. The lowest BCUT2D eigenvalue weighted by Crippen LogP contribution is -2.54. The third-order valence-corrected chi connectivity index (χ3v) is 19.6. The van der Waals surface area contributed by atoms with E-state index in [-0.39, 0.29) is 34.8 Å². The van der Waals surface area contributed by atoms with Gasteiger partial charge in [0.15, 0.2) is 39.8 Å². The fourth-order valence-corrected chi connectivity index (χ4v) is 8.10. The number of amides is 2. The van der Waals surface area contributed by atoms with Crippen LogP contribution < -0.4 is 16.0 Å². The van der Waals surface area contributed by atoms with Gasteiger partial charge in [-0.05, 0) is 82.1 Å². The van der Waals surface area contributed by atoms with Crippen molar-refractivity contribution in [1.82, 2.24) is 30.2 Å². The van der Waals surface area contributed by atoms with Gasteiger partial charge in [-0.3, -0.25) is 9.36 Å². The molecule has 1 aliphatic heterocycles. The van der Waals surface area contributed by atoms with Gasteiger partial charge in [0.1, 0.15) is 36.3 Å². The van der Waals surface area contributed by atoms with Crippen molar-refractivity contribution in [2.45, 2.75) is 141 Å². The van der Waals surface area contributed by atoms with Gasteiger partial charge in [-0.25, -0.2) is 24.5 Å². The predicted molar refractivity (Wildman–Crippen MR) is 216 cm³/mol. The van der Waals surface area contributed by atoms with Crippen LogP contribution in [0.3, 0.4) is 0 Å². The van der Waals surface area contributed by atoms with E-state index in [9.17, 15) is 19.5 Å². The first-order valence-corrected chi connectivity index (χ1v) is 24.6. The largest absolute Gasteiger partial charge is 0.480 e. The standard InChI is InChI=1S/C38H61N7O8Si2/c1-36(2,3)51-35(49)43-25(34(47)48)19-20-39-21-26-28(52-54(10,11)37(4,5)6)29(53-55(12,13)38(7,8)9)33(50-26)45-23-42-27-30(40-22-41-31(27)45)44-32(46)24-17-15-14-16-18-24/h14-18,22-23,25-26,28-29,33,39H,19-21H2,1-13H3,(H,43,49)(H,47,48)(H,40,41,44,46)/t25?,26-,28-,29-,33-/m1/s1. The number of anilines is 1. The number of carbonyl (C=O) groups is 3. The van der Waals surface area contributed by atoms with Gasteiger partial charge < -0.3 is 39.4 Å². The van der Waals surface area contributed by atoms with Crippen LogP contribution in [0.5, 0.6) is 0 Å². The molecule has 0 spiro atoms. The third kappa shape index (κ3) is 11.0. The molecule has 17 heteroatoms. The van der Waals surface area contributed by atoms with E-state index >= 15 is 0 Å². The molecule has 0 aliphatic carbocycles. The molecule has 1 saturated heterocycles. The summed E-state index contributed by atoms with van der Waals surface area (Å²) < 4.78 is 28.5. The number of aromatic nitrogens is 4. The molecule has 3 aromatic rings. The molecule has 2 aromatic heterocycles. The average Bonchev–Trinajstić information content (AvgIpc) is 3.62. The van der Waals surface area contributed by atoms with Crippen molar-refractivity contribution in [1.29, 1.82) is 0 Å². The summed E-state index contributed by atoms with van der Waals surface area (Å²) in [6.07, 6.45) is -0.0640. The zero-order valence-electron chi connectivity index (χ0n) is 34.6. The van der Waals surface area contributed by atoms with Crippen molar-refractivity contribution in [3.05, 3.63) is 48.5 Å². The van der Waals surface area contributed by atoms with E-state index in [0.717, 1.165) is 0 Å². The van der Waals surface area contributed by atoms with Crippen molar-refractivity contribution in [2.75, 3.05) is 18.4 Å². The molecular formula is C38H61N7O8Si2. The zero-order chi connectivity index (χ0) is 41.1. The second kappa shape index (κ2) is 16.8. The molecule has 1 aromatic carbocycles. The molecule has 3 heterocycles. The van der Waals surface area contributed by atoms with Gasteiger partial charge in [0.25, 0.3) is 5.91 Å². The van der Waals surface area contributed by atoms with Crippen molar-refractivity contribution >= 4 is 51.6 Å². The first-order chi connectivity index (χ1) is 25.3. The molecule has 55 heavy (non-hydrogen) atoms. The maximum Gasteiger partial charge on any atom is 0.408 e. The number of aliphatic carboxylic acids is 1. The lowest BCUT2D eigenvalue weighted by molar-refractivity contribution is -0.139. The van der Waals surface area contributed by atoms with Gasteiger partial charge in [0, 0.05) is 12.1 Å². The number of benzene rings is 1. The maximum absolute atomic E-state index is 13.1. The molecule has 4 rings (SSSR count). The Bertz CT molecular complexity index is 1800. The second-order valence-electron chi connectivity index (χ2n) is 18.1. The summed E-state index contributed by atoms with van der Waals surface area (Å²) in [6, 6.07) is 7.69. The zero-order valence-corrected chi connectivity index (χ0v) is 36.6. The van der Waals surface area contributed by atoms with Gasteiger partial charge in [-0.15, -0.1) is 0 Å². The number of carbonyl (C=O) groups excluding carboxylic acids is 2. The molecule has 1 unspecified atom stereocenters. The van der Waals surface area contributed by atoms with E-state index in [1.54, 1.807) is 51.4 Å². The highest BCUT2D eigenvalue weighted by Gasteiger charge is 2.54. The Labute approximate surface area is 326 Å². The Balaban J connectivity index is 1.69. The van der Waals surface area contributed by atoms with Crippen LogP contribution in [0.1, 0.15) is 85.3 Å².